The van der Waals surface area contributed by atoms with Crippen LogP contribution in [0.1, 0.15) is 31.6 Å². The van der Waals surface area contributed by atoms with E-state index >= 15 is 0 Å². The molecule has 2 fully saturated rings. The van der Waals surface area contributed by atoms with Gasteiger partial charge >= 0.3 is 6.09 Å². The highest BCUT2D eigenvalue weighted by Gasteiger charge is 2.60. The Hall–Kier alpha value is -1.62. The van der Waals surface area contributed by atoms with Crippen molar-refractivity contribution < 1.29 is 14.6 Å². The van der Waals surface area contributed by atoms with E-state index < -0.39 is 6.10 Å². The molecule has 1 aromatic rings. The highest BCUT2D eigenvalue weighted by Crippen LogP contribution is 2.57. The molecule has 2 unspecified atom stereocenters. The minimum atomic E-state index is -0.514. The Kier molecular flexibility index (Phi) is 4.10. The van der Waals surface area contributed by atoms with Crippen molar-refractivity contribution in [2.45, 2.75) is 25.9 Å². The molecule has 0 spiro atoms. The van der Waals surface area contributed by atoms with Crippen molar-refractivity contribution in [2.24, 2.45) is 17.8 Å². The Morgan fingerprint density at radius 1 is 1.48 bits per heavy atom. The van der Waals surface area contributed by atoms with Gasteiger partial charge in [0.1, 0.15) is 0 Å². The van der Waals surface area contributed by atoms with E-state index in [4.69, 9.17) is 4.74 Å². The normalized spacial score (nSPS) is 28.1. The van der Waals surface area contributed by atoms with Crippen LogP contribution in [0.15, 0.2) is 24.4 Å². The standard InChI is InChI=1S/C16H22N2O3/c1-2-3-8-21-16(20)18-9-11-12(10-18)14(11)15(19)13-6-4-5-7-17-13/h4-7,11-12,14-15,19H,2-3,8-10H2,1H3/t11-,12+,14?,15?. The number of unbranched alkanes of at least 4 members (excludes halogenated alkanes) is 1. The Balaban J connectivity index is 1.49. The molecule has 3 rings (SSSR count). The van der Waals surface area contributed by atoms with Gasteiger partial charge in [0.15, 0.2) is 0 Å². The predicted octanol–water partition coefficient (Wildman–Crippen LogP) is 2.23. The summed E-state index contributed by atoms with van der Waals surface area (Å²) in [7, 11) is 0. The van der Waals surface area contributed by atoms with Gasteiger partial charge in [-0.2, -0.15) is 0 Å². The van der Waals surface area contributed by atoms with Crippen LogP contribution in [0.2, 0.25) is 0 Å². The second-order valence-corrected chi connectivity index (χ2v) is 5.98. The molecule has 1 aromatic heterocycles. The first-order chi connectivity index (χ1) is 10.2. The maximum absolute atomic E-state index is 11.9. The van der Waals surface area contributed by atoms with Crippen molar-refractivity contribution in [3.63, 3.8) is 0 Å². The largest absolute Gasteiger partial charge is 0.449 e. The van der Waals surface area contributed by atoms with E-state index in [1.807, 2.05) is 18.2 Å². The van der Waals surface area contributed by atoms with Crippen LogP contribution < -0.4 is 0 Å². The Labute approximate surface area is 124 Å². The molecular weight excluding hydrogens is 268 g/mol. The number of amides is 1. The average Bonchev–Trinajstić information content (AvgIpc) is 3.01. The first-order valence-electron chi connectivity index (χ1n) is 7.73. The van der Waals surface area contributed by atoms with Gasteiger partial charge in [0.2, 0.25) is 0 Å². The van der Waals surface area contributed by atoms with E-state index in [1.165, 1.54) is 0 Å². The number of fused-ring (bicyclic) bond motifs is 1. The predicted molar refractivity (Wildman–Crippen MR) is 77.5 cm³/mol. The Morgan fingerprint density at radius 3 is 2.86 bits per heavy atom. The highest BCUT2D eigenvalue weighted by atomic mass is 16.6. The molecule has 114 valence electrons. The van der Waals surface area contributed by atoms with Crippen molar-refractivity contribution in [2.75, 3.05) is 19.7 Å². The minimum Gasteiger partial charge on any atom is -0.449 e. The molecule has 5 nitrogen and oxygen atoms in total. The van der Waals surface area contributed by atoms with E-state index in [9.17, 15) is 9.90 Å². The first-order valence-corrected chi connectivity index (χ1v) is 7.73. The Bertz CT molecular complexity index is 482. The first kappa shape index (κ1) is 14.3. The lowest BCUT2D eigenvalue weighted by Crippen LogP contribution is -2.33. The molecule has 1 aliphatic carbocycles. The fraction of sp³-hybridized carbons (Fsp3) is 0.625. The van der Waals surface area contributed by atoms with Crippen molar-refractivity contribution in [1.82, 2.24) is 9.88 Å². The molecule has 1 N–H and O–H groups in total. The summed E-state index contributed by atoms with van der Waals surface area (Å²) in [6.45, 7) is 3.97. The third-order valence-corrected chi connectivity index (χ3v) is 4.60. The maximum Gasteiger partial charge on any atom is 0.409 e. The summed E-state index contributed by atoms with van der Waals surface area (Å²) in [6.07, 6.45) is 2.92. The average molecular weight is 290 g/mol. The highest BCUT2D eigenvalue weighted by molar-refractivity contribution is 5.68. The zero-order chi connectivity index (χ0) is 14.8. The number of rotatable bonds is 5. The molecule has 1 saturated carbocycles. The molecule has 4 atom stereocenters. The lowest BCUT2D eigenvalue weighted by atomic mass is 10.1. The molecule has 1 amide bonds. The van der Waals surface area contributed by atoms with Gasteiger partial charge in [-0.1, -0.05) is 19.4 Å². The smallest absolute Gasteiger partial charge is 0.409 e. The van der Waals surface area contributed by atoms with Crippen LogP contribution in [0.3, 0.4) is 0 Å². The van der Waals surface area contributed by atoms with Crippen LogP contribution in [0.5, 0.6) is 0 Å². The van der Waals surface area contributed by atoms with Gasteiger partial charge in [0.25, 0.3) is 0 Å². The lowest BCUT2D eigenvalue weighted by Gasteiger charge is -2.21. The summed E-state index contributed by atoms with van der Waals surface area (Å²) in [4.78, 5) is 17.8. The third kappa shape index (κ3) is 2.88. The number of likely N-dealkylation sites (tertiary alicyclic amines) is 1. The fourth-order valence-corrected chi connectivity index (χ4v) is 3.33. The molecule has 2 aliphatic rings. The molecular formula is C16H22N2O3. The van der Waals surface area contributed by atoms with Gasteiger partial charge in [-0.15, -0.1) is 0 Å². The van der Waals surface area contributed by atoms with E-state index in [2.05, 4.69) is 11.9 Å². The third-order valence-electron chi connectivity index (χ3n) is 4.60. The van der Waals surface area contributed by atoms with E-state index in [0.717, 1.165) is 18.5 Å². The summed E-state index contributed by atoms with van der Waals surface area (Å²) in [6, 6.07) is 5.59. The number of ether oxygens (including phenoxy) is 1. The number of piperidine rings is 1. The van der Waals surface area contributed by atoms with Crippen molar-refractivity contribution >= 4 is 6.09 Å². The van der Waals surface area contributed by atoms with Gasteiger partial charge in [0.05, 0.1) is 18.4 Å². The summed E-state index contributed by atoms with van der Waals surface area (Å²) >= 11 is 0. The topological polar surface area (TPSA) is 62.7 Å². The monoisotopic (exact) mass is 290 g/mol. The van der Waals surface area contributed by atoms with Gasteiger partial charge in [-0.3, -0.25) is 4.98 Å². The van der Waals surface area contributed by atoms with Crippen LogP contribution in [-0.2, 0) is 4.74 Å². The van der Waals surface area contributed by atoms with Crippen molar-refractivity contribution in [1.29, 1.82) is 0 Å². The molecule has 0 radical (unpaired) electrons. The van der Waals surface area contributed by atoms with Crippen LogP contribution in [-0.4, -0.2) is 40.8 Å². The van der Waals surface area contributed by atoms with E-state index in [1.54, 1.807) is 11.1 Å². The van der Waals surface area contributed by atoms with Gasteiger partial charge in [-0.25, -0.2) is 4.79 Å². The van der Waals surface area contributed by atoms with Crippen LogP contribution in [0.25, 0.3) is 0 Å². The molecule has 0 aromatic carbocycles. The number of hydrogen-bond acceptors (Lipinski definition) is 4. The van der Waals surface area contributed by atoms with Gasteiger partial charge in [-0.05, 0) is 30.4 Å². The van der Waals surface area contributed by atoms with E-state index in [0.29, 0.717) is 31.5 Å². The number of carbonyl (C=O) groups excluding carboxylic acids is 1. The van der Waals surface area contributed by atoms with Gasteiger partial charge in [0, 0.05) is 25.2 Å². The zero-order valence-electron chi connectivity index (χ0n) is 12.3. The number of hydrogen-bond donors (Lipinski definition) is 1. The van der Waals surface area contributed by atoms with Crippen molar-refractivity contribution in [3.05, 3.63) is 30.1 Å². The number of aromatic nitrogens is 1. The number of aliphatic hydroxyl groups is 1. The lowest BCUT2D eigenvalue weighted by molar-refractivity contribution is 0.0902. The zero-order valence-corrected chi connectivity index (χ0v) is 12.3. The van der Waals surface area contributed by atoms with Crippen LogP contribution in [0, 0.1) is 17.8 Å². The molecule has 1 aliphatic heterocycles. The molecule has 0 bridgehead atoms. The molecule has 2 heterocycles. The van der Waals surface area contributed by atoms with Crippen molar-refractivity contribution in [3.8, 4) is 0 Å². The minimum absolute atomic E-state index is 0.207. The number of pyridine rings is 1. The van der Waals surface area contributed by atoms with Crippen LogP contribution >= 0.6 is 0 Å². The van der Waals surface area contributed by atoms with E-state index in [-0.39, 0.29) is 12.0 Å². The summed E-state index contributed by atoms with van der Waals surface area (Å²) in [5, 5.41) is 10.4. The summed E-state index contributed by atoms with van der Waals surface area (Å²) in [5.74, 6) is 1.01. The SMILES string of the molecule is CCCCOC(=O)N1C[C@@H]2C(C(O)c3ccccn3)[C@@H]2C1. The number of nitrogens with zero attached hydrogens (tertiary/aromatic N) is 2. The summed E-state index contributed by atoms with van der Waals surface area (Å²) < 4.78 is 5.23. The Morgan fingerprint density at radius 2 is 2.24 bits per heavy atom. The second-order valence-electron chi connectivity index (χ2n) is 5.98. The van der Waals surface area contributed by atoms with Gasteiger partial charge < -0.3 is 14.7 Å². The molecule has 5 heteroatoms. The molecule has 1 saturated heterocycles. The maximum atomic E-state index is 11.9. The molecule has 21 heavy (non-hydrogen) atoms. The number of carbonyl (C=O) groups is 1. The summed E-state index contributed by atoms with van der Waals surface area (Å²) in [5.41, 5.74) is 0.731. The number of aliphatic hydroxyl groups excluding tert-OH is 1. The van der Waals surface area contributed by atoms with Crippen LogP contribution in [0.4, 0.5) is 4.79 Å². The quantitative estimate of drug-likeness (QED) is 0.845. The fourth-order valence-electron chi connectivity index (χ4n) is 3.33. The second kappa shape index (κ2) is 6.02.